The number of halogens is 1. The van der Waals surface area contributed by atoms with Crippen molar-refractivity contribution in [3.05, 3.63) is 28.7 Å². The molecule has 13 heavy (non-hydrogen) atoms. The lowest BCUT2D eigenvalue weighted by Crippen LogP contribution is -2.29. The van der Waals surface area contributed by atoms with Crippen LogP contribution in [-0.4, -0.2) is 11.9 Å². The number of rotatable bonds is 3. The summed E-state index contributed by atoms with van der Waals surface area (Å²) in [6.45, 7) is 1.74. The summed E-state index contributed by atoms with van der Waals surface area (Å²) in [5.41, 5.74) is 5.27. The van der Waals surface area contributed by atoms with E-state index in [1.807, 2.05) is 24.3 Å². The molecule has 0 fully saturated rings. The quantitative estimate of drug-likeness (QED) is 0.631. The maximum Gasteiger partial charge on any atom is 0.152 e. The van der Waals surface area contributed by atoms with Crippen LogP contribution in [0.15, 0.2) is 28.7 Å². The summed E-state index contributed by atoms with van der Waals surface area (Å²) in [7, 11) is 0. The first-order valence-corrected chi connectivity index (χ1v) is 4.65. The molecule has 0 aliphatic rings. The lowest BCUT2D eigenvalue weighted by Gasteiger charge is -2.12. The highest BCUT2D eigenvalue weighted by atomic mass is 79.9. The Labute approximate surface area is 85.5 Å². The Morgan fingerprint density at radius 2 is 2.31 bits per heavy atom. The highest BCUT2D eigenvalue weighted by Gasteiger charge is 2.06. The molecule has 4 heteroatoms. The predicted molar refractivity (Wildman–Crippen MR) is 56.1 cm³/mol. The molecule has 0 aliphatic heterocycles. The van der Waals surface area contributed by atoms with Gasteiger partial charge < -0.3 is 10.5 Å². The molecule has 3 nitrogen and oxygen atoms in total. The maximum atomic E-state index is 7.14. The smallest absolute Gasteiger partial charge is 0.152 e. The van der Waals surface area contributed by atoms with Crippen LogP contribution >= 0.6 is 15.9 Å². The van der Waals surface area contributed by atoms with Crippen molar-refractivity contribution in [3.63, 3.8) is 0 Å². The van der Waals surface area contributed by atoms with Gasteiger partial charge in [0.15, 0.2) is 6.10 Å². The van der Waals surface area contributed by atoms with Crippen LogP contribution in [0.25, 0.3) is 0 Å². The Bertz CT molecular complexity index is 314. The van der Waals surface area contributed by atoms with E-state index < -0.39 is 0 Å². The molecular formula is C9H11BrN2O. The lowest BCUT2D eigenvalue weighted by atomic mass is 10.3. The van der Waals surface area contributed by atoms with Gasteiger partial charge >= 0.3 is 0 Å². The fourth-order valence-electron chi connectivity index (χ4n) is 0.808. The number of nitrogens with one attached hydrogen (secondary N) is 1. The molecule has 0 aliphatic carbocycles. The van der Waals surface area contributed by atoms with Gasteiger partial charge in [0.2, 0.25) is 0 Å². The van der Waals surface area contributed by atoms with Crippen molar-refractivity contribution in [3.8, 4) is 5.75 Å². The van der Waals surface area contributed by atoms with E-state index in [0.29, 0.717) is 5.75 Å². The van der Waals surface area contributed by atoms with E-state index in [1.54, 1.807) is 6.92 Å². The second-order valence-corrected chi connectivity index (χ2v) is 3.59. The lowest BCUT2D eigenvalue weighted by molar-refractivity contribution is 0.284. The Morgan fingerprint density at radius 3 is 2.85 bits per heavy atom. The van der Waals surface area contributed by atoms with Crippen LogP contribution < -0.4 is 10.5 Å². The van der Waals surface area contributed by atoms with Crippen LogP contribution in [0.2, 0.25) is 0 Å². The number of nitrogens with two attached hydrogens (primary N) is 1. The standard InChI is InChI=1S/C9H11BrN2O/c1-6(9(11)12)13-8-4-2-3-7(10)5-8/h2-6H,1H3,(H3,11,12). The van der Waals surface area contributed by atoms with Gasteiger partial charge in [0.1, 0.15) is 11.6 Å². The molecule has 0 saturated heterocycles. The van der Waals surface area contributed by atoms with Crippen LogP contribution in [0.3, 0.4) is 0 Å². The molecule has 1 unspecified atom stereocenters. The van der Waals surface area contributed by atoms with Crippen molar-refractivity contribution in [1.29, 1.82) is 5.41 Å². The average molecular weight is 243 g/mol. The molecule has 1 aromatic carbocycles. The van der Waals surface area contributed by atoms with Crippen molar-refractivity contribution in [2.24, 2.45) is 5.73 Å². The Hall–Kier alpha value is -1.03. The van der Waals surface area contributed by atoms with Gasteiger partial charge in [-0.2, -0.15) is 0 Å². The van der Waals surface area contributed by atoms with Gasteiger partial charge in [-0.25, -0.2) is 0 Å². The summed E-state index contributed by atoms with van der Waals surface area (Å²) in [6.07, 6.45) is -0.380. The molecule has 0 amide bonds. The normalized spacial score (nSPS) is 12.2. The molecule has 0 spiro atoms. The first-order valence-electron chi connectivity index (χ1n) is 3.85. The second kappa shape index (κ2) is 4.28. The largest absolute Gasteiger partial charge is 0.483 e. The van der Waals surface area contributed by atoms with Gasteiger partial charge in [-0.15, -0.1) is 0 Å². The molecule has 0 aromatic heterocycles. The zero-order chi connectivity index (χ0) is 9.84. The Kier molecular flexibility index (Phi) is 3.31. The van der Waals surface area contributed by atoms with E-state index >= 15 is 0 Å². The molecule has 70 valence electrons. The van der Waals surface area contributed by atoms with Crippen LogP contribution in [-0.2, 0) is 0 Å². The topological polar surface area (TPSA) is 59.1 Å². The van der Waals surface area contributed by atoms with Crippen LogP contribution in [0.4, 0.5) is 0 Å². The van der Waals surface area contributed by atoms with Crippen molar-refractivity contribution in [1.82, 2.24) is 0 Å². The number of hydrogen-bond acceptors (Lipinski definition) is 2. The molecule has 1 atom stereocenters. The van der Waals surface area contributed by atoms with E-state index in [4.69, 9.17) is 15.9 Å². The third kappa shape index (κ3) is 3.06. The minimum Gasteiger partial charge on any atom is -0.483 e. The molecule has 1 aromatic rings. The molecule has 1 rings (SSSR count). The molecule has 0 bridgehead atoms. The van der Waals surface area contributed by atoms with E-state index in [1.165, 1.54) is 0 Å². The monoisotopic (exact) mass is 242 g/mol. The van der Waals surface area contributed by atoms with Crippen molar-refractivity contribution in [2.75, 3.05) is 0 Å². The minimum atomic E-state index is -0.380. The summed E-state index contributed by atoms with van der Waals surface area (Å²) in [5.74, 6) is 0.733. The summed E-state index contributed by atoms with van der Waals surface area (Å²) < 4.78 is 6.32. The summed E-state index contributed by atoms with van der Waals surface area (Å²) in [5, 5.41) is 7.14. The van der Waals surface area contributed by atoms with Gasteiger partial charge in [0.05, 0.1) is 0 Å². The molecule has 0 radical (unpaired) electrons. The predicted octanol–water partition coefficient (Wildman–Crippen LogP) is 2.15. The molecule has 0 saturated carbocycles. The van der Waals surface area contributed by atoms with E-state index in [9.17, 15) is 0 Å². The maximum absolute atomic E-state index is 7.14. The first kappa shape index (κ1) is 10.1. The number of ether oxygens (including phenoxy) is 1. The van der Waals surface area contributed by atoms with Crippen LogP contribution in [0.1, 0.15) is 6.92 Å². The zero-order valence-electron chi connectivity index (χ0n) is 7.25. The van der Waals surface area contributed by atoms with Gasteiger partial charge in [-0.3, -0.25) is 5.41 Å². The highest BCUT2D eigenvalue weighted by molar-refractivity contribution is 9.10. The number of amidine groups is 1. The Morgan fingerprint density at radius 1 is 1.62 bits per heavy atom. The third-order valence-corrected chi connectivity index (χ3v) is 2.04. The van der Waals surface area contributed by atoms with Crippen molar-refractivity contribution >= 4 is 21.8 Å². The SMILES string of the molecule is CC(Oc1cccc(Br)c1)C(=N)N. The fourth-order valence-corrected chi connectivity index (χ4v) is 1.19. The summed E-state index contributed by atoms with van der Waals surface area (Å²) >= 11 is 3.32. The third-order valence-electron chi connectivity index (χ3n) is 1.55. The molecule has 0 heterocycles. The van der Waals surface area contributed by atoms with Gasteiger partial charge in [0, 0.05) is 4.47 Å². The molecular weight excluding hydrogens is 232 g/mol. The summed E-state index contributed by atoms with van der Waals surface area (Å²) in [4.78, 5) is 0. The van der Waals surface area contributed by atoms with E-state index in [0.717, 1.165) is 4.47 Å². The van der Waals surface area contributed by atoms with Gasteiger partial charge in [0.25, 0.3) is 0 Å². The minimum absolute atomic E-state index is 0.0278. The zero-order valence-corrected chi connectivity index (χ0v) is 8.84. The van der Waals surface area contributed by atoms with E-state index in [-0.39, 0.29) is 11.9 Å². The molecule has 3 N–H and O–H groups in total. The number of benzene rings is 1. The van der Waals surface area contributed by atoms with Gasteiger partial charge in [-0.05, 0) is 25.1 Å². The van der Waals surface area contributed by atoms with Crippen molar-refractivity contribution < 1.29 is 4.74 Å². The Balaban J connectivity index is 2.69. The highest BCUT2D eigenvalue weighted by Crippen LogP contribution is 2.18. The fraction of sp³-hybridized carbons (Fsp3) is 0.222. The van der Waals surface area contributed by atoms with Crippen LogP contribution in [0.5, 0.6) is 5.75 Å². The first-order chi connectivity index (χ1) is 6.09. The second-order valence-electron chi connectivity index (χ2n) is 2.67. The summed E-state index contributed by atoms with van der Waals surface area (Å²) in [6, 6.07) is 7.43. The van der Waals surface area contributed by atoms with Crippen molar-refractivity contribution in [2.45, 2.75) is 13.0 Å². The average Bonchev–Trinajstić information content (AvgIpc) is 2.04. The van der Waals surface area contributed by atoms with Crippen LogP contribution in [0, 0.1) is 5.41 Å². The number of hydrogen-bond donors (Lipinski definition) is 2. The van der Waals surface area contributed by atoms with E-state index in [2.05, 4.69) is 15.9 Å². The van der Waals surface area contributed by atoms with Gasteiger partial charge in [-0.1, -0.05) is 22.0 Å².